The molecule has 0 spiro atoms. The van der Waals surface area contributed by atoms with Crippen molar-refractivity contribution in [3.8, 4) is 0 Å². The number of nitrogens with zero attached hydrogens (tertiary/aromatic N) is 1. The van der Waals surface area contributed by atoms with Crippen LogP contribution in [0, 0.1) is 11.6 Å². The average Bonchev–Trinajstić information content (AvgIpc) is 2.39. The van der Waals surface area contributed by atoms with E-state index in [1.807, 2.05) is 0 Å². The fraction of sp³-hybridized carbons (Fsp3) is 0.625. The molecule has 0 aliphatic heterocycles. The third-order valence-electron chi connectivity index (χ3n) is 3.63. The topological polar surface area (TPSA) is 29.3 Å². The van der Waals surface area contributed by atoms with Crippen molar-refractivity contribution in [1.82, 2.24) is 4.90 Å². The molecular formula is C16H26F2N2. The molecule has 0 bridgehead atoms. The van der Waals surface area contributed by atoms with Crippen LogP contribution in [-0.2, 0) is 0 Å². The van der Waals surface area contributed by atoms with Gasteiger partial charge in [-0.15, -0.1) is 0 Å². The SMILES string of the molecule is CCCCCN(C(C)C)C(CN)c1ccc(F)cc1F. The van der Waals surface area contributed by atoms with Gasteiger partial charge in [-0.05, 0) is 32.9 Å². The lowest BCUT2D eigenvalue weighted by atomic mass is 10.0. The highest BCUT2D eigenvalue weighted by Gasteiger charge is 2.24. The first-order valence-electron chi connectivity index (χ1n) is 7.42. The quantitative estimate of drug-likeness (QED) is 0.734. The van der Waals surface area contributed by atoms with E-state index < -0.39 is 11.6 Å². The largest absolute Gasteiger partial charge is 0.329 e. The number of benzene rings is 1. The number of hydrogen-bond acceptors (Lipinski definition) is 2. The molecule has 1 rings (SSSR count). The van der Waals surface area contributed by atoms with Crippen LogP contribution in [0.4, 0.5) is 8.78 Å². The van der Waals surface area contributed by atoms with Crippen molar-refractivity contribution in [3.05, 3.63) is 35.4 Å². The Hall–Kier alpha value is -1.00. The molecule has 0 saturated carbocycles. The summed E-state index contributed by atoms with van der Waals surface area (Å²) in [6.07, 6.45) is 3.35. The van der Waals surface area contributed by atoms with E-state index >= 15 is 0 Å². The highest BCUT2D eigenvalue weighted by Crippen LogP contribution is 2.25. The van der Waals surface area contributed by atoms with Gasteiger partial charge in [0.2, 0.25) is 0 Å². The lowest BCUT2D eigenvalue weighted by Crippen LogP contribution is -2.39. The number of nitrogens with two attached hydrogens (primary N) is 1. The molecule has 2 N–H and O–H groups in total. The summed E-state index contributed by atoms with van der Waals surface area (Å²) in [7, 11) is 0. The van der Waals surface area contributed by atoms with Gasteiger partial charge in [0, 0.05) is 24.2 Å². The molecule has 114 valence electrons. The van der Waals surface area contributed by atoms with Gasteiger partial charge >= 0.3 is 0 Å². The van der Waals surface area contributed by atoms with Gasteiger partial charge in [-0.2, -0.15) is 0 Å². The lowest BCUT2D eigenvalue weighted by Gasteiger charge is -2.35. The smallest absolute Gasteiger partial charge is 0.130 e. The Labute approximate surface area is 121 Å². The fourth-order valence-electron chi connectivity index (χ4n) is 2.53. The Balaban J connectivity index is 2.94. The monoisotopic (exact) mass is 284 g/mol. The van der Waals surface area contributed by atoms with Crippen LogP contribution in [-0.4, -0.2) is 24.0 Å². The first-order chi connectivity index (χ1) is 9.51. The van der Waals surface area contributed by atoms with Crippen molar-refractivity contribution in [2.75, 3.05) is 13.1 Å². The predicted molar refractivity (Wildman–Crippen MR) is 79.5 cm³/mol. The highest BCUT2D eigenvalue weighted by atomic mass is 19.1. The third kappa shape index (κ3) is 4.53. The van der Waals surface area contributed by atoms with E-state index in [1.54, 1.807) is 0 Å². The van der Waals surface area contributed by atoms with Crippen LogP contribution in [0.5, 0.6) is 0 Å². The summed E-state index contributed by atoms with van der Waals surface area (Å²) in [4.78, 5) is 2.20. The summed E-state index contributed by atoms with van der Waals surface area (Å²) in [5.41, 5.74) is 6.34. The maximum atomic E-state index is 14.0. The minimum atomic E-state index is -0.552. The molecule has 20 heavy (non-hydrogen) atoms. The average molecular weight is 284 g/mol. The molecule has 0 aliphatic rings. The summed E-state index contributed by atoms with van der Waals surface area (Å²) in [5.74, 6) is -1.06. The van der Waals surface area contributed by atoms with Crippen molar-refractivity contribution < 1.29 is 8.78 Å². The third-order valence-corrected chi connectivity index (χ3v) is 3.63. The molecule has 0 saturated heterocycles. The molecule has 1 unspecified atom stereocenters. The second kappa shape index (κ2) is 8.32. The van der Waals surface area contributed by atoms with E-state index in [0.29, 0.717) is 12.1 Å². The number of hydrogen-bond donors (Lipinski definition) is 1. The molecule has 0 aromatic heterocycles. The van der Waals surface area contributed by atoms with Gasteiger partial charge in [0.15, 0.2) is 0 Å². The van der Waals surface area contributed by atoms with Gasteiger partial charge < -0.3 is 5.73 Å². The maximum absolute atomic E-state index is 14.0. The van der Waals surface area contributed by atoms with Crippen LogP contribution in [0.3, 0.4) is 0 Å². The van der Waals surface area contributed by atoms with Crippen molar-refractivity contribution in [2.45, 2.75) is 52.1 Å². The number of unbranched alkanes of at least 4 members (excludes halogenated alkanes) is 2. The van der Waals surface area contributed by atoms with Crippen molar-refractivity contribution in [3.63, 3.8) is 0 Å². The zero-order valence-corrected chi connectivity index (χ0v) is 12.7. The lowest BCUT2D eigenvalue weighted by molar-refractivity contribution is 0.151. The van der Waals surface area contributed by atoms with Crippen LogP contribution in [0.2, 0.25) is 0 Å². The van der Waals surface area contributed by atoms with E-state index in [0.717, 1.165) is 31.9 Å². The van der Waals surface area contributed by atoms with Crippen molar-refractivity contribution >= 4 is 0 Å². The Morgan fingerprint density at radius 1 is 1.20 bits per heavy atom. The molecule has 0 aliphatic carbocycles. The van der Waals surface area contributed by atoms with Gasteiger partial charge in [-0.3, -0.25) is 4.90 Å². The zero-order valence-electron chi connectivity index (χ0n) is 12.7. The van der Waals surface area contributed by atoms with Gasteiger partial charge in [0.1, 0.15) is 11.6 Å². The molecule has 2 nitrogen and oxygen atoms in total. The summed E-state index contributed by atoms with van der Waals surface area (Å²) < 4.78 is 27.0. The Bertz CT molecular complexity index is 407. The minimum Gasteiger partial charge on any atom is -0.329 e. The van der Waals surface area contributed by atoms with Crippen LogP contribution < -0.4 is 5.73 Å². The Morgan fingerprint density at radius 2 is 1.90 bits per heavy atom. The molecular weight excluding hydrogens is 258 g/mol. The summed E-state index contributed by atoms with van der Waals surface area (Å²) >= 11 is 0. The van der Waals surface area contributed by atoms with Crippen molar-refractivity contribution in [1.29, 1.82) is 0 Å². The Kier molecular flexibility index (Phi) is 7.10. The van der Waals surface area contributed by atoms with Crippen LogP contribution >= 0.6 is 0 Å². The summed E-state index contributed by atoms with van der Waals surface area (Å²) in [5, 5.41) is 0. The second-order valence-corrected chi connectivity index (χ2v) is 5.46. The molecule has 0 amide bonds. The predicted octanol–water partition coefficient (Wildman–Crippen LogP) is 3.87. The molecule has 1 aromatic rings. The van der Waals surface area contributed by atoms with E-state index in [1.165, 1.54) is 12.1 Å². The maximum Gasteiger partial charge on any atom is 0.130 e. The molecule has 0 fully saturated rings. The highest BCUT2D eigenvalue weighted by molar-refractivity contribution is 5.23. The van der Waals surface area contributed by atoms with Crippen LogP contribution in [0.25, 0.3) is 0 Å². The van der Waals surface area contributed by atoms with Crippen LogP contribution in [0.1, 0.15) is 51.6 Å². The van der Waals surface area contributed by atoms with Gasteiger partial charge in [-0.25, -0.2) is 8.78 Å². The van der Waals surface area contributed by atoms with E-state index in [9.17, 15) is 8.78 Å². The molecule has 1 atom stereocenters. The van der Waals surface area contributed by atoms with E-state index in [4.69, 9.17) is 5.73 Å². The van der Waals surface area contributed by atoms with Gasteiger partial charge in [-0.1, -0.05) is 25.8 Å². The van der Waals surface area contributed by atoms with E-state index in [2.05, 4.69) is 25.7 Å². The molecule has 1 aromatic carbocycles. The summed E-state index contributed by atoms with van der Waals surface area (Å²) in [6, 6.07) is 3.81. The number of rotatable bonds is 8. The molecule has 0 heterocycles. The first kappa shape index (κ1) is 17.1. The zero-order chi connectivity index (χ0) is 15.1. The number of halogens is 2. The molecule has 4 heteroatoms. The fourth-order valence-corrected chi connectivity index (χ4v) is 2.53. The normalized spacial score (nSPS) is 13.2. The van der Waals surface area contributed by atoms with Crippen LogP contribution in [0.15, 0.2) is 18.2 Å². The Morgan fingerprint density at radius 3 is 2.40 bits per heavy atom. The van der Waals surface area contributed by atoms with Crippen molar-refractivity contribution in [2.24, 2.45) is 5.73 Å². The summed E-state index contributed by atoms with van der Waals surface area (Å²) in [6.45, 7) is 7.52. The van der Waals surface area contributed by atoms with E-state index in [-0.39, 0.29) is 12.1 Å². The minimum absolute atomic E-state index is 0.201. The first-order valence-corrected chi connectivity index (χ1v) is 7.42. The standard InChI is InChI=1S/C16H26F2N2/c1-4-5-6-9-20(12(2)3)16(11-19)14-8-7-13(17)10-15(14)18/h7-8,10,12,16H,4-6,9,11,19H2,1-3H3. The second-order valence-electron chi connectivity index (χ2n) is 5.46. The van der Waals surface area contributed by atoms with Gasteiger partial charge in [0.05, 0.1) is 6.04 Å². The van der Waals surface area contributed by atoms with Gasteiger partial charge in [0.25, 0.3) is 0 Å². The molecule has 0 radical (unpaired) electrons.